The van der Waals surface area contributed by atoms with Gasteiger partial charge in [0, 0.05) is 19.2 Å². The molecule has 0 aliphatic carbocycles. The Bertz CT molecular complexity index is 757. The molecule has 0 radical (unpaired) electrons. The molecule has 7 heteroatoms. The first-order chi connectivity index (χ1) is 11.9. The average molecular weight is 346 g/mol. The molecule has 1 unspecified atom stereocenters. The third-order valence-electron chi connectivity index (χ3n) is 3.87. The predicted octanol–water partition coefficient (Wildman–Crippen LogP) is 2.20. The molecule has 0 aliphatic rings. The van der Waals surface area contributed by atoms with Gasteiger partial charge >= 0.3 is 11.8 Å². The van der Waals surface area contributed by atoms with Crippen molar-refractivity contribution in [1.82, 2.24) is 15.1 Å². The Morgan fingerprint density at radius 1 is 1.28 bits per heavy atom. The van der Waals surface area contributed by atoms with Crippen molar-refractivity contribution < 1.29 is 14.0 Å². The zero-order chi connectivity index (χ0) is 18.4. The van der Waals surface area contributed by atoms with Gasteiger partial charge in [-0.3, -0.25) is 14.3 Å². The van der Waals surface area contributed by atoms with Crippen LogP contribution in [0.5, 0.6) is 0 Å². The number of hydrogen-bond donors (Lipinski definition) is 2. The van der Waals surface area contributed by atoms with Crippen LogP contribution in [0.1, 0.15) is 31.5 Å². The molecule has 25 heavy (non-hydrogen) atoms. The van der Waals surface area contributed by atoms with Crippen molar-refractivity contribution in [3.8, 4) is 0 Å². The number of rotatable bonds is 6. The zero-order valence-electron chi connectivity index (χ0n) is 14.7. The Morgan fingerprint density at radius 3 is 2.68 bits per heavy atom. The molecule has 1 aromatic carbocycles. The summed E-state index contributed by atoms with van der Waals surface area (Å²) in [7, 11) is 1.70. The molecule has 1 heterocycles. The van der Waals surface area contributed by atoms with Gasteiger partial charge in [0.05, 0.1) is 5.69 Å². The molecular formula is C18H23FN4O2. The number of benzene rings is 1. The van der Waals surface area contributed by atoms with Crippen molar-refractivity contribution in [2.45, 2.75) is 39.2 Å². The topological polar surface area (TPSA) is 76.0 Å². The van der Waals surface area contributed by atoms with Crippen LogP contribution in [0.15, 0.2) is 30.3 Å². The van der Waals surface area contributed by atoms with Crippen LogP contribution >= 0.6 is 0 Å². The molecule has 0 saturated carbocycles. The monoisotopic (exact) mass is 346 g/mol. The first kappa shape index (κ1) is 18.6. The summed E-state index contributed by atoms with van der Waals surface area (Å²) in [5.41, 5.74) is 1.69. The van der Waals surface area contributed by atoms with E-state index in [1.807, 2.05) is 19.9 Å². The number of aromatic nitrogens is 2. The molecule has 0 spiro atoms. The lowest BCUT2D eigenvalue weighted by molar-refractivity contribution is -0.136. The van der Waals surface area contributed by atoms with Crippen LogP contribution in [-0.2, 0) is 29.5 Å². The Kier molecular flexibility index (Phi) is 6.27. The van der Waals surface area contributed by atoms with E-state index in [1.54, 1.807) is 19.2 Å². The summed E-state index contributed by atoms with van der Waals surface area (Å²) >= 11 is 0. The lowest BCUT2D eigenvalue weighted by Crippen LogP contribution is -2.41. The Labute approximate surface area is 146 Å². The van der Waals surface area contributed by atoms with Crippen molar-refractivity contribution in [1.29, 1.82) is 0 Å². The van der Waals surface area contributed by atoms with Crippen LogP contribution < -0.4 is 10.6 Å². The van der Waals surface area contributed by atoms with Gasteiger partial charge in [0.1, 0.15) is 11.6 Å². The summed E-state index contributed by atoms with van der Waals surface area (Å²) < 4.78 is 14.7. The van der Waals surface area contributed by atoms with E-state index in [9.17, 15) is 14.0 Å². The van der Waals surface area contributed by atoms with E-state index in [4.69, 9.17) is 0 Å². The highest BCUT2D eigenvalue weighted by Gasteiger charge is 2.18. The molecular weight excluding hydrogens is 323 g/mol. The van der Waals surface area contributed by atoms with Crippen LogP contribution in [0, 0.1) is 5.82 Å². The Hall–Kier alpha value is -2.70. The van der Waals surface area contributed by atoms with Crippen molar-refractivity contribution in [3.63, 3.8) is 0 Å². The van der Waals surface area contributed by atoms with Crippen LogP contribution in [0.2, 0.25) is 0 Å². The van der Waals surface area contributed by atoms with Gasteiger partial charge in [-0.25, -0.2) is 4.39 Å². The maximum absolute atomic E-state index is 13.1. The standard InChI is InChI=1S/C18H23FN4O2/c1-4-15-11-16(23(3)22-15)21-18(25)17(24)20-12(2)8-9-13-6-5-7-14(19)10-13/h5-7,10-12H,4,8-9H2,1-3H3,(H,20,24)(H,21,25). The number of aryl methyl sites for hydroxylation is 3. The highest BCUT2D eigenvalue weighted by atomic mass is 19.1. The van der Waals surface area contributed by atoms with Crippen LogP contribution in [-0.4, -0.2) is 27.6 Å². The number of carbonyl (C=O) groups is 2. The molecule has 0 fully saturated rings. The van der Waals surface area contributed by atoms with E-state index in [1.165, 1.54) is 16.8 Å². The number of nitrogens with one attached hydrogen (secondary N) is 2. The van der Waals surface area contributed by atoms with Gasteiger partial charge in [-0.15, -0.1) is 0 Å². The molecule has 134 valence electrons. The van der Waals surface area contributed by atoms with Crippen molar-refractivity contribution >= 4 is 17.6 Å². The minimum absolute atomic E-state index is 0.209. The third-order valence-corrected chi connectivity index (χ3v) is 3.87. The van der Waals surface area contributed by atoms with E-state index in [-0.39, 0.29) is 11.9 Å². The number of halogens is 1. The number of nitrogens with zero attached hydrogens (tertiary/aromatic N) is 2. The van der Waals surface area contributed by atoms with Gasteiger partial charge < -0.3 is 10.6 Å². The molecule has 2 rings (SSSR count). The minimum atomic E-state index is -0.733. The first-order valence-electron chi connectivity index (χ1n) is 8.28. The van der Waals surface area contributed by atoms with Crippen molar-refractivity contribution in [2.24, 2.45) is 7.05 Å². The van der Waals surface area contributed by atoms with Gasteiger partial charge in [0.2, 0.25) is 0 Å². The smallest absolute Gasteiger partial charge is 0.314 e. The van der Waals surface area contributed by atoms with Gasteiger partial charge in [0.15, 0.2) is 0 Å². The molecule has 0 saturated heterocycles. The predicted molar refractivity (Wildman–Crippen MR) is 93.5 cm³/mol. The van der Waals surface area contributed by atoms with E-state index < -0.39 is 11.8 Å². The van der Waals surface area contributed by atoms with Gasteiger partial charge in [-0.1, -0.05) is 19.1 Å². The third kappa shape index (κ3) is 5.41. The quantitative estimate of drug-likeness (QED) is 0.787. The van der Waals surface area contributed by atoms with Crippen LogP contribution in [0.3, 0.4) is 0 Å². The lowest BCUT2D eigenvalue weighted by atomic mass is 10.1. The van der Waals surface area contributed by atoms with Crippen molar-refractivity contribution in [2.75, 3.05) is 5.32 Å². The lowest BCUT2D eigenvalue weighted by Gasteiger charge is -2.13. The highest BCUT2D eigenvalue weighted by molar-refractivity contribution is 6.39. The maximum atomic E-state index is 13.1. The van der Waals surface area contributed by atoms with Gasteiger partial charge in [-0.05, 0) is 43.9 Å². The number of amides is 2. The molecule has 1 aromatic heterocycles. The molecule has 1 atom stereocenters. The number of carbonyl (C=O) groups excluding carboxylic acids is 2. The molecule has 0 aliphatic heterocycles. The van der Waals surface area contributed by atoms with Crippen molar-refractivity contribution in [3.05, 3.63) is 47.4 Å². The summed E-state index contributed by atoms with van der Waals surface area (Å²) in [4.78, 5) is 24.0. The molecule has 0 bridgehead atoms. The second-order valence-electron chi connectivity index (χ2n) is 6.00. The second-order valence-corrected chi connectivity index (χ2v) is 6.00. The van der Waals surface area contributed by atoms with E-state index in [0.717, 1.165) is 17.7 Å². The van der Waals surface area contributed by atoms with E-state index in [2.05, 4.69) is 15.7 Å². The SMILES string of the molecule is CCc1cc(NC(=O)C(=O)NC(C)CCc2cccc(F)c2)n(C)n1. The second kappa shape index (κ2) is 8.41. The van der Waals surface area contributed by atoms with E-state index in [0.29, 0.717) is 18.7 Å². The largest absolute Gasteiger partial charge is 0.345 e. The van der Waals surface area contributed by atoms with Crippen LogP contribution in [0.25, 0.3) is 0 Å². The Morgan fingerprint density at radius 2 is 2.04 bits per heavy atom. The summed E-state index contributed by atoms with van der Waals surface area (Å²) in [6.07, 6.45) is 1.96. The number of anilines is 1. The normalized spacial score (nSPS) is 11.8. The fourth-order valence-electron chi connectivity index (χ4n) is 2.43. The summed E-state index contributed by atoms with van der Waals surface area (Å²) in [5.74, 6) is -1.24. The van der Waals surface area contributed by atoms with Gasteiger partial charge in [0.25, 0.3) is 0 Å². The van der Waals surface area contributed by atoms with Crippen LogP contribution in [0.4, 0.5) is 10.2 Å². The number of hydrogen-bond acceptors (Lipinski definition) is 3. The fraction of sp³-hybridized carbons (Fsp3) is 0.389. The average Bonchev–Trinajstić information content (AvgIpc) is 2.93. The van der Waals surface area contributed by atoms with E-state index >= 15 is 0 Å². The summed E-state index contributed by atoms with van der Waals surface area (Å²) in [6.45, 7) is 3.77. The summed E-state index contributed by atoms with van der Waals surface area (Å²) in [5, 5.41) is 9.41. The first-order valence-corrected chi connectivity index (χ1v) is 8.28. The summed E-state index contributed by atoms with van der Waals surface area (Å²) in [6, 6.07) is 7.87. The molecule has 6 nitrogen and oxygen atoms in total. The zero-order valence-corrected chi connectivity index (χ0v) is 14.7. The van der Waals surface area contributed by atoms with Gasteiger partial charge in [-0.2, -0.15) is 5.10 Å². The minimum Gasteiger partial charge on any atom is -0.345 e. The fourth-order valence-corrected chi connectivity index (χ4v) is 2.43. The highest BCUT2D eigenvalue weighted by Crippen LogP contribution is 2.10. The molecule has 2 N–H and O–H groups in total. The Balaban J connectivity index is 1.83. The maximum Gasteiger partial charge on any atom is 0.314 e. The molecule has 2 amide bonds. The molecule has 2 aromatic rings.